The molecule has 4 amide bonds. The second-order valence-electron chi connectivity index (χ2n) is 8.35. The van der Waals surface area contributed by atoms with Gasteiger partial charge in [-0.1, -0.05) is 74.5 Å². The van der Waals surface area contributed by atoms with Crippen LogP contribution < -0.4 is 21.2 Å². The number of para-hydroxylation sites is 1. The van der Waals surface area contributed by atoms with Gasteiger partial charge in [0.1, 0.15) is 0 Å². The molecule has 0 aliphatic carbocycles. The molecule has 0 aliphatic heterocycles. The van der Waals surface area contributed by atoms with Crippen LogP contribution >= 0.6 is 0 Å². The molecule has 0 aliphatic rings. The zero-order chi connectivity index (χ0) is 24.9. The zero-order valence-corrected chi connectivity index (χ0v) is 19.9. The quantitative estimate of drug-likeness (QED) is 0.311. The van der Waals surface area contributed by atoms with E-state index < -0.39 is 29.7 Å². The molecule has 0 unspecified atom stereocenters. The van der Waals surface area contributed by atoms with Crippen molar-refractivity contribution < 1.29 is 19.6 Å². The van der Waals surface area contributed by atoms with Crippen molar-refractivity contribution in [1.82, 2.24) is 16.2 Å². The number of allylic oxidation sites excluding steroid dienone is 1. The van der Waals surface area contributed by atoms with E-state index in [-0.39, 0.29) is 12.3 Å². The number of amides is 4. The third-order valence-corrected chi connectivity index (χ3v) is 5.26. The summed E-state index contributed by atoms with van der Waals surface area (Å²) in [5, 5.41) is 13.2. The maximum absolute atomic E-state index is 13.4. The Hall–Kier alpha value is -3.65. The van der Waals surface area contributed by atoms with Crippen molar-refractivity contribution in [3.05, 3.63) is 72.3 Å². The number of rotatable bonds is 10. The summed E-state index contributed by atoms with van der Waals surface area (Å²) in [7, 11) is 0. The molecule has 0 heterocycles. The number of hydrogen-bond donors (Lipinski definition) is 4. The van der Waals surface area contributed by atoms with Crippen LogP contribution in [0, 0.1) is 17.8 Å². The van der Waals surface area contributed by atoms with E-state index in [1.165, 1.54) is 0 Å². The van der Waals surface area contributed by atoms with Crippen LogP contribution in [0.4, 0.5) is 10.5 Å². The number of urea groups is 1. The number of nitrogens with one attached hydrogen (secondary N) is 3. The molecule has 2 aromatic rings. The normalized spacial score (nSPS) is 12.7. The highest BCUT2D eigenvalue weighted by Gasteiger charge is 2.35. The number of hydrazine groups is 1. The van der Waals surface area contributed by atoms with Crippen LogP contribution in [0.3, 0.4) is 0 Å². The van der Waals surface area contributed by atoms with E-state index in [4.69, 9.17) is 0 Å². The highest BCUT2D eigenvalue weighted by atomic mass is 16.5. The Balaban J connectivity index is 2.30. The standard InChI is InChI=1S/C26H34N4O4/c1-4-27-26(33)30(21-15-9-6-10-16-21)28-24(31)23(18-19(2)3)22(25(32)29-34)17-11-14-20-12-7-5-8-13-20/h5-16,19,22-23,34H,4,17-18H2,1-3H3,(H,27,33)(H,28,31)(H,29,32)/t22-,23+/m0/s1. The molecule has 2 rings (SSSR count). The molecule has 0 aromatic heterocycles. The van der Waals surface area contributed by atoms with Crippen LogP contribution in [0.25, 0.3) is 6.08 Å². The van der Waals surface area contributed by atoms with Crippen molar-refractivity contribution in [3.8, 4) is 0 Å². The first-order chi connectivity index (χ1) is 16.4. The van der Waals surface area contributed by atoms with Crippen molar-refractivity contribution in [1.29, 1.82) is 0 Å². The Labute approximate surface area is 201 Å². The van der Waals surface area contributed by atoms with Crippen molar-refractivity contribution in [2.45, 2.75) is 33.6 Å². The molecular weight excluding hydrogens is 432 g/mol. The number of carbonyl (C=O) groups excluding carboxylic acids is 3. The average Bonchev–Trinajstić information content (AvgIpc) is 2.84. The van der Waals surface area contributed by atoms with Gasteiger partial charge in [0.05, 0.1) is 17.5 Å². The van der Waals surface area contributed by atoms with E-state index >= 15 is 0 Å². The van der Waals surface area contributed by atoms with E-state index in [2.05, 4.69) is 10.7 Å². The summed E-state index contributed by atoms with van der Waals surface area (Å²) in [6, 6.07) is 17.8. The minimum atomic E-state index is -0.834. The summed E-state index contributed by atoms with van der Waals surface area (Å²) in [6.07, 6.45) is 4.31. The minimum absolute atomic E-state index is 0.0949. The second-order valence-corrected chi connectivity index (χ2v) is 8.35. The summed E-state index contributed by atoms with van der Waals surface area (Å²) < 4.78 is 0. The summed E-state index contributed by atoms with van der Waals surface area (Å²) >= 11 is 0. The highest BCUT2D eigenvalue weighted by molar-refractivity contribution is 5.96. The molecule has 8 nitrogen and oxygen atoms in total. The number of hydrogen-bond acceptors (Lipinski definition) is 4. The molecule has 0 spiro atoms. The first kappa shape index (κ1) is 26.6. The van der Waals surface area contributed by atoms with Crippen LogP contribution in [0.5, 0.6) is 0 Å². The molecule has 2 atom stereocenters. The van der Waals surface area contributed by atoms with Gasteiger partial charge in [-0.2, -0.15) is 0 Å². The highest BCUT2D eigenvalue weighted by Crippen LogP contribution is 2.26. The summed E-state index contributed by atoms with van der Waals surface area (Å²) in [6.45, 7) is 6.07. The number of carbonyl (C=O) groups is 3. The number of hydroxylamine groups is 1. The fourth-order valence-electron chi connectivity index (χ4n) is 3.65. The molecule has 182 valence electrons. The smallest absolute Gasteiger partial charge is 0.337 e. The predicted octanol–water partition coefficient (Wildman–Crippen LogP) is 4.14. The Bertz CT molecular complexity index is 948. The molecule has 34 heavy (non-hydrogen) atoms. The third kappa shape index (κ3) is 8.04. The van der Waals surface area contributed by atoms with Crippen LogP contribution in [0.1, 0.15) is 39.2 Å². The van der Waals surface area contributed by atoms with E-state index in [0.29, 0.717) is 18.7 Å². The number of benzene rings is 2. The first-order valence-corrected chi connectivity index (χ1v) is 11.5. The SMILES string of the molecule is CCNC(=O)N(NC(=O)[C@H](CC(C)C)[C@H](CC=Cc1ccccc1)C(=O)NO)c1ccccc1. The van der Waals surface area contributed by atoms with Gasteiger partial charge in [0.25, 0.3) is 0 Å². The van der Waals surface area contributed by atoms with Gasteiger partial charge in [-0.15, -0.1) is 0 Å². The molecular formula is C26H34N4O4. The lowest BCUT2D eigenvalue weighted by molar-refractivity contribution is -0.140. The molecule has 0 fully saturated rings. The van der Waals surface area contributed by atoms with Crippen LogP contribution in [-0.4, -0.2) is 29.6 Å². The van der Waals surface area contributed by atoms with Gasteiger partial charge in [-0.3, -0.25) is 20.2 Å². The Morgan fingerprint density at radius 3 is 2.12 bits per heavy atom. The monoisotopic (exact) mass is 466 g/mol. The minimum Gasteiger partial charge on any atom is -0.337 e. The molecule has 0 saturated heterocycles. The summed E-state index contributed by atoms with van der Waals surface area (Å²) in [4.78, 5) is 38.7. The maximum atomic E-state index is 13.4. The number of nitrogens with zero attached hydrogens (tertiary/aromatic N) is 1. The maximum Gasteiger partial charge on any atom is 0.340 e. The lowest BCUT2D eigenvalue weighted by Gasteiger charge is -2.29. The molecule has 0 bridgehead atoms. The van der Waals surface area contributed by atoms with Gasteiger partial charge in [0, 0.05) is 6.54 Å². The van der Waals surface area contributed by atoms with Crippen LogP contribution in [-0.2, 0) is 9.59 Å². The Kier molecular flexibility index (Phi) is 10.8. The molecule has 0 saturated carbocycles. The van der Waals surface area contributed by atoms with E-state index in [1.807, 2.05) is 62.4 Å². The summed E-state index contributed by atoms with van der Waals surface area (Å²) in [5.74, 6) is -2.65. The van der Waals surface area contributed by atoms with Crippen molar-refractivity contribution in [2.75, 3.05) is 11.6 Å². The van der Waals surface area contributed by atoms with Crippen molar-refractivity contribution in [3.63, 3.8) is 0 Å². The van der Waals surface area contributed by atoms with Gasteiger partial charge < -0.3 is 5.32 Å². The number of anilines is 1. The van der Waals surface area contributed by atoms with Crippen molar-refractivity contribution in [2.24, 2.45) is 17.8 Å². The Morgan fingerprint density at radius 1 is 0.941 bits per heavy atom. The molecule has 4 N–H and O–H groups in total. The lowest BCUT2D eigenvalue weighted by Crippen LogP contribution is -2.54. The van der Waals surface area contributed by atoms with E-state index in [1.54, 1.807) is 36.7 Å². The largest absolute Gasteiger partial charge is 0.340 e. The Morgan fingerprint density at radius 2 is 1.56 bits per heavy atom. The zero-order valence-electron chi connectivity index (χ0n) is 19.9. The topological polar surface area (TPSA) is 111 Å². The van der Waals surface area contributed by atoms with Crippen molar-refractivity contribution >= 4 is 29.6 Å². The van der Waals surface area contributed by atoms with Gasteiger partial charge in [-0.05, 0) is 43.4 Å². The lowest BCUT2D eigenvalue weighted by atomic mass is 9.82. The molecule has 8 heteroatoms. The van der Waals surface area contributed by atoms with E-state index in [9.17, 15) is 19.6 Å². The molecule has 2 aromatic carbocycles. The fourth-order valence-corrected chi connectivity index (χ4v) is 3.65. The fraction of sp³-hybridized carbons (Fsp3) is 0.346. The third-order valence-electron chi connectivity index (χ3n) is 5.26. The van der Waals surface area contributed by atoms with Crippen LogP contribution in [0.2, 0.25) is 0 Å². The van der Waals surface area contributed by atoms with Gasteiger partial charge in [0.2, 0.25) is 11.8 Å². The average molecular weight is 467 g/mol. The van der Waals surface area contributed by atoms with Crippen LogP contribution in [0.15, 0.2) is 66.7 Å². The summed E-state index contributed by atoms with van der Waals surface area (Å²) in [5.41, 5.74) is 5.84. The second kappa shape index (κ2) is 13.8. The van der Waals surface area contributed by atoms with E-state index in [0.717, 1.165) is 10.6 Å². The van der Waals surface area contributed by atoms with Gasteiger partial charge >= 0.3 is 6.03 Å². The predicted molar refractivity (Wildman–Crippen MR) is 133 cm³/mol. The van der Waals surface area contributed by atoms with Gasteiger partial charge in [-0.25, -0.2) is 15.3 Å². The first-order valence-electron chi connectivity index (χ1n) is 11.5. The van der Waals surface area contributed by atoms with Gasteiger partial charge in [0.15, 0.2) is 0 Å². The molecule has 0 radical (unpaired) electrons.